The minimum Gasteiger partial charge on any atom is -0.313 e. The van der Waals surface area contributed by atoms with Crippen LogP contribution in [-0.4, -0.2) is 36.6 Å². The summed E-state index contributed by atoms with van der Waals surface area (Å²) in [5.74, 6) is 6.64. The van der Waals surface area contributed by atoms with Gasteiger partial charge in [0.05, 0.1) is 6.54 Å². The summed E-state index contributed by atoms with van der Waals surface area (Å²) in [6.07, 6.45) is 6.77. The lowest BCUT2D eigenvalue weighted by Crippen LogP contribution is -2.44. The van der Waals surface area contributed by atoms with E-state index < -0.39 is 0 Å². The van der Waals surface area contributed by atoms with E-state index in [0.29, 0.717) is 6.04 Å². The smallest absolute Gasteiger partial charge is 0.0608 e. The Hall–Kier alpha value is -1.30. The maximum absolute atomic E-state index is 3.65. The Morgan fingerprint density at radius 2 is 1.95 bits per heavy atom. The van der Waals surface area contributed by atoms with Crippen molar-refractivity contribution in [3.63, 3.8) is 0 Å². The summed E-state index contributed by atoms with van der Waals surface area (Å²) in [6.45, 7) is 3.28. The third-order valence-electron chi connectivity index (χ3n) is 4.22. The number of rotatable bonds is 4. The van der Waals surface area contributed by atoms with Crippen LogP contribution in [0.25, 0.3) is 0 Å². The predicted octanol–water partition coefficient (Wildman–Crippen LogP) is 2.64. The van der Waals surface area contributed by atoms with Gasteiger partial charge in [-0.25, -0.2) is 0 Å². The lowest BCUT2D eigenvalue weighted by Gasteiger charge is -2.29. The van der Waals surface area contributed by atoms with Gasteiger partial charge in [-0.1, -0.05) is 36.5 Å². The van der Waals surface area contributed by atoms with Crippen LogP contribution in [0.5, 0.6) is 0 Å². The standard InChI is InChI=1S/C18H24N2/c1-2-7-16(8-3-1)9-6-14-20(18-11-12-18)15-17-10-4-5-13-19-17/h1-3,7-8,17-19H,4-5,10-15H2. The summed E-state index contributed by atoms with van der Waals surface area (Å²) in [7, 11) is 0. The first-order valence-electron chi connectivity index (χ1n) is 7.93. The van der Waals surface area contributed by atoms with Crippen LogP contribution in [-0.2, 0) is 0 Å². The summed E-state index contributed by atoms with van der Waals surface area (Å²) >= 11 is 0. The van der Waals surface area contributed by atoms with Crippen molar-refractivity contribution in [2.75, 3.05) is 19.6 Å². The van der Waals surface area contributed by atoms with Crippen LogP contribution in [0.2, 0.25) is 0 Å². The zero-order valence-corrected chi connectivity index (χ0v) is 12.1. The highest BCUT2D eigenvalue weighted by Gasteiger charge is 2.30. The SMILES string of the molecule is C(#Cc1ccccc1)CN(CC1CCCCN1)C1CC1. The fraction of sp³-hybridized carbons (Fsp3) is 0.556. The van der Waals surface area contributed by atoms with Gasteiger partial charge >= 0.3 is 0 Å². The summed E-state index contributed by atoms with van der Waals surface area (Å²) in [6, 6.07) is 11.8. The third-order valence-corrected chi connectivity index (χ3v) is 4.22. The van der Waals surface area contributed by atoms with Gasteiger partial charge in [-0.05, 0) is 44.4 Å². The highest BCUT2D eigenvalue weighted by Crippen LogP contribution is 2.27. The van der Waals surface area contributed by atoms with E-state index in [1.54, 1.807) is 0 Å². The quantitative estimate of drug-likeness (QED) is 0.845. The van der Waals surface area contributed by atoms with Crippen LogP contribution in [0.15, 0.2) is 30.3 Å². The van der Waals surface area contributed by atoms with E-state index in [1.807, 2.05) is 6.07 Å². The Morgan fingerprint density at radius 1 is 1.10 bits per heavy atom. The molecule has 0 radical (unpaired) electrons. The molecule has 0 aromatic heterocycles. The van der Waals surface area contributed by atoms with Crippen molar-refractivity contribution in [2.24, 2.45) is 0 Å². The average Bonchev–Trinajstić information content (AvgIpc) is 3.33. The molecule has 1 saturated heterocycles. The van der Waals surface area contributed by atoms with E-state index in [-0.39, 0.29) is 0 Å². The van der Waals surface area contributed by atoms with E-state index in [1.165, 1.54) is 45.2 Å². The molecule has 1 aliphatic carbocycles. The monoisotopic (exact) mass is 268 g/mol. The molecule has 0 amide bonds. The lowest BCUT2D eigenvalue weighted by atomic mass is 10.0. The van der Waals surface area contributed by atoms with Crippen LogP contribution < -0.4 is 5.32 Å². The van der Waals surface area contributed by atoms with Gasteiger partial charge in [0, 0.05) is 24.2 Å². The Bertz CT molecular complexity index is 461. The minimum absolute atomic E-state index is 0.683. The molecule has 1 aromatic rings. The molecule has 1 aliphatic heterocycles. The van der Waals surface area contributed by atoms with Crippen molar-refractivity contribution in [1.82, 2.24) is 10.2 Å². The second kappa shape index (κ2) is 6.92. The van der Waals surface area contributed by atoms with Crippen molar-refractivity contribution < 1.29 is 0 Å². The molecule has 2 aliphatic rings. The summed E-state index contributed by atoms with van der Waals surface area (Å²) in [5, 5.41) is 3.65. The van der Waals surface area contributed by atoms with Gasteiger partial charge in [0.15, 0.2) is 0 Å². The van der Waals surface area contributed by atoms with Gasteiger partial charge in [0.2, 0.25) is 0 Å². The first-order chi connectivity index (χ1) is 9.92. The number of nitrogens with one attached hydrogen (secondary N) is 1. The van der Waals surface area contributed by atoms with Crippen LogP contribution in [0.4, 0.5) is 0 Å². The van der Waals surface area contributed by atoms with Crippen molar-refractivity contribution in [3.8, 4) is 11.8 Å². The van der Waals surface area contributed by atoms with Gasteiger partial charge in [-0.2, -0.15) is 0 Å². The summed E-state index contributed by atoms with van der Waals surface area (Å²) < 4.78 is 0. The van der Waals surface area contributed by atoms with E-state index in [2.05, 4.69) is 46.3 Å². The third kappa shape index (κ3) is 4.10. The zero-order chi connectivity index (χ0) is 13.6. The number of nitrogens with zero attached hydrogens (tertiary/aromatic N) is 1. The summed E-state index contributed by atoms with van der Waals surface area (Å²) in [5.41, 5.74) is 1.12. The highest BCUT2D eigenvalue weighted by atomic mass is 15.2. The number of piperidine rings is 1. The molecule has 1 unspecified atom stereocenters. The largest absolute Gasteiger partial charge is 0.313 e. The molecule has 1 heterocycles. The van der Waals surface area contributed by atoms with Crippen molar-refractivity contribution >= 4 is 0 Å². The molecule has 1 atom stereocenters. The molecule has 2 nitrogen and oxygen atoms in total. The zero-order valence-electron chi connectivity index (χ0n) is 12.1. The molecule has 106 valence electrons. The molecule has 0 spiro atoms. The summed E-state index contributed by atoms with van der Waals surface area (Å²) in [4.78, 5) is 2.58. The van der Waals surface area contributed by atoms with Crippen molar-refractivity contribution in [2.45, 2.75) is 44.2 Å². The Labute approximate surface area is 122 Å². The maximum atomic E-state index is 3.65. The fourth-order valence-corrected chi connectivity index (χ4v) is 2.91. The van der Waals surface area contributed by atoms with Crippen molar-refractivity contribution in [1.29, 1.82) is 0 Å². The molecule has 1 saturated carbocycles. The first kappa shape index (κ1) is 13.7. The molecular weight excluding hydrogens is 244 g/mol. The molecule has 1 aromatic carbocycles. The van der Waals surface area contributed by atoms with Gasteiger partial charge in [-0.3, -0.25) is 4.90 Å². The van der Waals surface area contributed by atoms with Crippen LogP contribution >= 0.6 is 0 Å². The molecule has 1 N–H and O–H groups in total. The van der Waals surface area contributed by atoms with Gasteiger partial charge in [0.1, 0.15) is 0 Å². The maximum Gasteiger partial charge on any atom is 0.0608 e. The Kier molecular flexibility index (Phi) is 4.73. The van der Waals surface area contributed by atoms with Gasteiger partial charge in [-0.15, -0.1) is 0 Å². The van der Waals surface area contributed by atoms with E-state index in [4.69, 9.17) is 0 Å². The van der Waals surface area contributed by atoms with Gasteiger partial charge < -0.3 is 5.32 Å². The number of hydrogen-bond donors (Lipinski definition) is 1. The molecule has 2 heteroatoms. The van der Waals surface area contributed by atoms with Crippen LogP contribution in [0.1, 0.15) is 37.7 Å². The normalized spacial score (nSPS) is 22.4. The van der Waals surface area contributed by atoms with Crippen LogP contribution in [0.3, 0.4) is 0 Å². The Morgan fingerprint density at radius 3 is 2.65 bits per heavy atom. The van der Waals surface area contributed by atoms with Crippen LogP contribution in [0, 0.1) is 11.8 Å². The van der Waals surface area contributed by atoms with E-state index in [0.717, 1.165) is 18.2 Å². The minimum atomic E-state index is 0.683. The molecule has 2 fully saturated rings. The first-order valence-corrected chi connectivity index (χ1v) is 7.93. The second-order valence-corrected chi connectivity index (χ2v) is 5.98. The predicted molar refractivity (Wildman–Crippen MR) is 83.6 cm³/mol. The molecule has 20 heavy (non-hydrogen) atoms. The fourth-order valence-electron chi connectivity index (χ4n) is 2.91. The number of benzene rings is 1. The topological polar surface area (TPSA) is 15.3 Å². The van der Waals surface area contributed by atoms with Crippen molar-refractivity contribution in [3.05, 3.63) is 35.9 Å². The average molecular weight is 268 g/mol. The van der Waals surface area contributed by atoms with Gasteiger partial charge in [0.25, 0.3) is 0 Å². The highest BCUT2D eigenvalue weighted by molar-refractivity contribution is 5.33. The Balaban J connectivity index is 1.53. The molecular formula is C18H24N2. The second-order valence-electron chi connectivity index (χ2n) is 5.98. The number of hydrogen-bond acceptors (Lipinski definition) is 2. The molecule has 3 rings (SSSR count). The molecule has 0 bridgehead atoms. The van der Waals surface area contributed by atoms with E-state index in [9.17, 15) is 0 Å². The lowest BCUT2D eigenvalue weighted by molar-refractivity contribution is 0.237. The van der Waals surface area contributed by atoms with E-state index >= 15 is 0 Å².